The fourth-order valence-corrected chi connectivity index (χ4v) is 4.53. The van der Waals surface area contributed by atoms with E-state index in [2.05, 4.69) is 68.3 Å². The van der Waals surface area contributed by atoms with Gasteiger partial charge >= 0.3 is 11.8 Å². The van der Waals surface area contributed by atoms with E-state index in [1.165, 1.54) is 41.2 Å². The topological polar surface area (TPSA) is 157 Å². The van der Waals surface area contributed by atoms with E-state index in [4.69, 9.17) is 0 Å². The van der Waals surface area contributed by atoms with Crippen LogP contribution >= 0.6 is 47.8 Å². The number of hydrogen-bond donors (Lipinski definition) is 3. The van der Waals surface area contributed by atoms with Gasteiger partial charge in [-0.3, -0.25) is 29.7 Å². The average molecular weight is 661 g/mol. The van der Waals surface area contributed by atoms with Gasteiger partial charge in [-0.05, 0) is 56.1 Å². The van der Waals surface area contributed by atoms with Crippen molar-refractivity contribution in [3.63, 3.8) is 0 Å². The van der Waals surface area contributed by atoms with Crippen molar-refractivity contribution >= 4 is 77.1 Å². The first kappa shape index (κ1) is 25.3. The largest absolute Gasteiger partial charge is 0.452 e. The summed E-state index contributed by atoms with van der Waals surface area (Å²) in [6.07, 6.45) is 1.92. The Bertz CT molecular complexity index is 1310. The lowest BCUT2D eigenvalue weighted by Gasteiger charge is -2.15. The molecule has 3 amide bonds. The number of carbonyl (C=O) groups excluding carboxylic acids is 3. The molecule has 0 aliphatic heterocycles. The molecule has 0 spiro atoms. The Balaban J connectivity index is 2.00. The van der Waals surface area contributed by atoms with E-state index < -0.39 is 22.8 Å². The third kappa shape index (κ3) is 5.60. The lowest BCUT2D eigenvalue weighted by Crippen LogP contribution is -2.41. The molecule has 0 aliphatic carbocycles. The predicted octanol–water partition coefficient (Wildman–Crippen LogP) is 4.32. The van der Waals surface area contributed by atoms with E-state index in [9.17, 15) is 24.5 Å². The summed E-state index contributed by atoms with van der Waals surface area (Å²) in [5, 5.41) is 14.1. The van der Waals surface area contributed by atoms with Crippen LogP contribution in [0.3, 0.4) is 0 Å². The number of hydrogen-bond acceptors (Lipinski definition) is 7. The highest BCUT2D eigenvalue weighted by molar-refractivity contribution is 9.11. The van der Waals surface area contributed by atoms with Crippen molar-refractivity contribution in [1.29, 1.82) is 0 Å². The molecule has 0 unspecified atom stereocenters. The molecule has 34 heavy (non-hydrogen) atoms. The first-order valence-corrected chi connectivity index (χ1v) is 11.4. The van der Waals surface area contributed by atoms with Gasteiger partial charge < -0.3 is 10.1 Å². The number of carbonyl (C=O) groups is 3. The summed E-state index contributed by atoms with van der Waals surface area (Å²) < 4.78 is 6.98. The Kier molecular flexibility index (Phi) is 8.01. The number of nitrogens with one attached hydrogen (secondary N) is 3. The highest BCUT2D eigenvalue weighted by atomic mass is 79.9. The highest BCUT2D eigenvalue weighted by Gasteiger charge is 2.24. The number of aromatic nitrogens is 2. The third-order valence-corrected chi connectivity index (χ3v) is 5.73. The van der Waals surface area contributed by atoms with Crippen LogP contribution in [-0.4, -0.2) is 39.5 Å². The van der Waals surface area contributed by atoms with Crippen LogP contribution in [0.1, 0.15) is 20.8 Å². The summed E-state index contributed by atoms with van der Waals surface area (Å²) >= 11 is 9.84. The molecule has 0 aliphatic rings. The number of pyridine rings is 1. The van der Waals surface area contributed by atoms with Crippen LogP contribution in [0.4, 0.5) is 16.2 Å². The molecule has 1 aromatic carbocycles. The van der Waals surface area contributed by atoms with Crippen molar-refractivity contribution in [3.8, 4) is 5.82 Å². The molecule has 15 heteroatoms. The summed E-state index contributed by atoms with van der Waals surface area (Å²) in [5.74, 6) is -1.51. The Morgan fingerprint density at radius 1 is 1.09 bits per heavy atom. The minimum Gasteiger partial charge on any atom is -0.452 e. The lowest BCUT2D eigenvalue weighted by atomic mass is 10.1. The van der Waals surface area contributed by atoms with E-state index in [1.54, 1.807) is 6.07 Å². The van der Waals surface area contributed by atoms with Gasteiger partial charge in [0.2, 0.25) is 5.82 Å². The average Bonchev–Trinajstić information content (AvgIpc) is 3.20. The standard InChI is InChI=1S/C19H13Br3N6O6/c1-34-19(31)26-25-17(29)11-5-9(20)6-12(22)15(11)24-18(30)14-7-10(21)8-27(14)16-13(28(32)33)3-2-4-23-16/h2-8H,1H3,(H,24,30)(H,25,29)(H,26,31). The Morgan fingerprint density at radius 2 is 1.82 bits per heavy atom. The van der Waals surface area contributed by atoms with Gasteiger partial charge in [0.1, 0.15) is 5.69 Å². The van der Waals surface area contributed by atoms with Crippen molar-refractivity contribution in [1.82, 2.24) is 20.4 Å². The van der Waals surface area contributed by atoms with Gasteiger partial charge in [0, 0.05) is 31.9 Å². The minimum absolute atomic E-state index is 0.00235. The molecule has 176 valence electrons. The Hall–Kier alpha value is -3.30. The molecule has 0 fully saturated rings. The zero-order valence-electron chi connectivity index (χ0n) is 17.0. The minimum atomic E-state index is -0.896. The summed E-state index contributed by atoms with van der Waals surface area (Å²) in [6.45, 7) is 0. The van der Waals surface area contributed by atoms with E-state index in [1.807, 2.05) is 5.43 Å². The van der Waals surface area contributed by atoms with Crippen LogP contribution in [0.2, 0.25) is 0 Å². The molecule has 0 saturated carbocycles. The number of anilines is 1. The monoisotopic (exact) mass is 658 g/mol. The number of hydrazine groups is 1. The predicted molar refractivity (Wildman–Crippen MR) is 131 cm³/mol. The normalized spacial score (nSPS) is 10.4. The number of amides is 3. The van der Waals surface area contributed by atoms with Crippen molar-refractivity contribution < 1.29 is 24.0 Å². The second-order valence-electron chi connectivity index (χ2n) is 6.35. The molecule has 2 heterocycles. The maximum absolute atomic E-state index is 13.2. The van der Waals surface area contributed by atoms with E-state index in [0.717, 1.165) is 7.11 Å². The van der Waals surface area contributed by atoms with Gasteiger partial charge in [-0.1, -0.05) is 15.9 Å². The van der Waals surface area contributed by atoms with Crippen molar-refractivity contribution in [2.45, 2.75) is 0 Å². The molecular weight excluding hydrogens is 648 g/mol. The SMILES string of the molecule is COC(=O)NNC(=O)c1cc(Br)cc(Br)c1NC(=O)c1cc(Br)cn1-c1ncccc1[N+](=O)[O-]. The fourth-order valence-electron chi connectivity index (χ4n) is 2.78. The number of halogens is 3. The summed E-state index contributed by atoms with van der Waals surface area (Å²) in [5.41, 5.74) is 3.98. The van der Waals surface area contributed by atoms with Gasteiger partial charge in [-0.2, -0.15) is 0 Å². The van der Waals surface area contributed by atoms with Gasteiger partial charge in [0.05, 0.1) is 23.3 Å². The number of benzene rings is 1. The number of ether oxygens (including phenoxy) is 1. The third-order valence-electron chi connectivity index (χ3n) is 4.21. The molecule has 2 aromatic heterocycles. The molecule has 0 radical (unpaired) electrons. The number of rotatable bonds is 5. The van der Waals surface area contributed by atoms with Crippen LogP contribution in [-0.2, 0) is 4.74 Å². The zero-order chi connectivity index (χ0) is 25.0. The summed E-state index contributed by atoms with van der Waals surface area (Å²) in [7, 11) is 1.13. The Labute approximate surface area is 216 Å². The van der Waals surface area contributed by atoms with Crippen molar-refractivity contribution in [2.75, 3.05) is 12.4 Å². The van der Waals surface area contributed by atoms with Crippen LogP contribution in [0.15, 0.2) is 56.1 Å². The maximum atomic E-state index is 13.2. The van der Waals surface area contributed by atoms with E-state index in [-0.39, 0.29) is 28.5 Å². The number of methoxy groups -OCH3 is 1. The summed E-state index contributed by atoms with van der Waals surface area (Å²) in [4.78, 5) is 52.0. The molecule has 3 rings (SSSR count). The molecular formula is C19H13Br3N6O6. The molecule has 3 N–H and O–H groups in total. The molecule has 0 saturated heterocycles. The molecule has 0 atom stereocenters. The smallest absolute Gasteiger partial charge is 0.425 e. The van der Waals surface area contributed by atoms with E-state index in [0.29, 0.717) is 13.4 Å². The lowest BCUT2D eigenvalue weighted by molar-refractivity contribution is -0.384. The van der Waals surface area contributed by atoms with Gasteiger partial charge in [0.15, 0.2) is 0 Å². The first-order valence-electron chi connectivity index (χ1n) is 9.04. The van der Waals surface area contributed by atoms with Gasteiger partial charge in [-0.15, -0.1) is 0 Å². The Morgan fingerprint density at radius 3 is 2.50 bits per heavy atom. The van der Waals surface area contributed by atoms with Gasteiger partial charge in [0.25, 0.3) is 11.8 Å². The second-order valence-corrected chi connectivity index (χ2v) is 9.04. The maximum Gasteiger partial charge on any atom is 0.425 e. The van der Waals surface area contributed by atoms with Crippen molar-refractivity contribution in [3.05, 3.63) is 77.5 Å². The first-order chi connectivity index (χ1) is 16.1. The highest BCUT2D eigenvalue weighted by Crippen LogP contribution is 2.32. The van der Waals surface area contributed by atoms with Crippen LogP contribution in [0.5, 0.6) is 0 Å². The van der Waals surface area contributed by atoms with E-state index >= 15 is 0 Å². The fraction of sp³-hybridized carbons (Fsp3) is 0.0526. The van der Waals surface area contributed by atoms with Crippen LogP contribution in [0.25, 0.3) is 5.82 Å². The number of nitrogens with zero attached hydrogens (tertiary/aromatic N) is 3. The van der Waals surface area contributed by atoms with Crippen LogP contribution < -0.4 is 16.2 Å². The van der Waals surface area contributed by atoms with Gasteiger partial charge in [-0.25, -0.2) is 15.2 Å². The second kappa shape index (κ2) is 10.8. The van der Waals surface area contributed by atoms with Crippen LogP contribution in [0, 0.1) is 10.1 Å². The number of nitro groups is 1. The quantitative estimate of drug-likeness (QED) is 0.272. The molecule has 3 aromatic rings. The van der Waals surface area contributed by atoms with Crippen molar-refractivity contribution in [2.24, 2.45) is 0 Å². The summed E-state index contributed by atoms with van der Waals surface area (Å²) in [6, 6.07) is 7.14. The molecule has 0 bridgehead atoms. The molecule has 12 nitrogen and oxygen atoms in total. The zero-order valence-corrected chi connectivity index (χ0v) is 21.7.